The van der Waals surface area contributed by atoms with E-state index in [0.717, 1.165) is 37.3 Å². The van der Waals surface area contributed by atoms with Crippen LogP contribution in [0.25, 0.3) is 0 Å². The molecule has 0 heterocycles. The molecule has 0 spiro atoms. The summed E-state index contributed by atoms with van der Waals surface area (Å²) in [5.74, 6) is 1.69. The largest absolute Gasteiger partial charge is 0.493 e. The van der Waals surface area contributed by atoms with Crippen LogP contribution >= 0.6 is 0 Å². The van der Waals surface area contributed by atoms with Gasteiger partial charge >= 0.3 is 0 Å². The van der Waals surface area contributed by atoms with E-state index in [4.69, 9.17) is 9.47 Å². The zero-order chi connectivity index (χ0) is 15.3. The van der Waals surface area contributed by atoms with Crippen molar-refractivity contribution in [2.45, 2.75) is 58.6 Å². The molecule has 0 aromatic heterocycles. The fourth-order valence-corrected chi connectivity index (χ4v) is 3.59. The number of rotatable bonds is 8. The van der Waals surface area contributed by atoms with Crippen molar-refractivity contribution < 1.29 is 9.47 Å². The minimum Gasteiger partial charge on any atom is -0.493 e. The van der Waals surface area contributed by atoms with Crippen LogP contribution in [0.15, 0.2) is 24.3 Å². The third-order valence-electron chi connectivity index (χ3n) is 5.08. The van der Waals surface area contributed by atoms with Gasteiger partial charge in [0.25, 0.3) is 0 Å². The minimum absolute atomic E-state index is 0.246. The van der Waals surface area contributed by atoms with Crippen LogP contribution in [0.4, 0.5) is 0 Å². The lowest BCUT2D eigenvalue weighted by molar-refractivity contribution is -0.0865. The predicted molar refractivity (Wildman–Crippen MR) is 87.1 cm³/mol. The Bertz CT molecular complexity index is 443. The van der Waals surface area contributed by atoms with Crippen molar-refractivity contribution >= 4 is 0 Å². The van der Waals surface area contributed by atoms with Gasteiger partial charge in [-0.3, -0.25) is 0 Å². The molecule has 1 fully saturated rings. The van der Waals surface area contributed by atoms with Crippen LogP contribution in [0.1, 0.15) is 46.5 Å². The molecule has 2 unspecified atom stereocenters. The van der Waals surface area contributed by atoms with Crippen molar-refractivity contribution in [1.82, 2.24) is 5.32 Å². The summed E-state index contributed by atoms with van der Waals surface area (Å²) < 4.78 is 11.7. The van der Waals surface area contributed by atoms with E-state index < -0.39 is 0 Å². The van der Waals surface area contributed by atoms with Gasteiger partial charge in [0.15, 0.2) is 11.5 Å². The number of para-hydroxylation sites is 2. The van der Waals surface area contributed by atoms with Gasteiger partial charge in [-0.05, 0) is 37.9 Å². The molecule has 2 atom stereocenters. The summed E-state index contributed by atoms with van der Waals surface area (Å²) in [6.07, 6.45) is 4.82. The number of nitrogens with one attached hydrogen (secondary N) is 1. The van der Waals surface area contributed by atoms with Crippen LogP contribution in [0.5, 0.6) is 11.5 Å². The fraction of sp³-hybridized carbons (Fsp3) is 0.667. The molecule has 1 N–H and O–H groups in total. The lowest BCUT2D eigenvalue weighted by Gasteiger charge is -2.55. The Balaban J connectivity index is 2.09. The Labute approximate surface area is 129 Å². The predicted octanol–water partition coefficient (Wildman–Crippen LogP) is 4.02. The van der Waals surface area contributed by atoms with Crippen LogP contribution in [-0.4, -0.2) is 25.8 Å². The first-order chi connectivity index (χ1) is 10.2. The molecule has 1 aromatic rings. The van der Waals surface area contributed by atoms with E-state index in [9.17, 15) is 0 Å². The fourth-order valence-electron chi connectivity index (χ4n) is 3.59. The standard InChI is InChI=1S/C18H29NO2/c1-5-12-19-16-13-17(18(16,6-2)7-3)21-15-11-9-8-10-14(15)20-4/h8-11,16-17,19H,5-7,12-13H2,1-4H3. The molecule has 21 heavy (non-hydrogen) atoms. The van der Waals surface area contributed by atoms with Gasteiger partial charge in [-0.2, -0.15) is 0 Å². The van der Waals surface area contributed by atoms with Crippen molar-refractivity contribution in [2.75, 3.05) is 13.7 Å². The molecule has 0 aliphatic heterocycles. The van der Waals surface area contributed by atoms with E-state index in [-0.39, 0.29) is 11.5 Å². The van der Waals surface area contributed by atoms with Gasteiger partial charge in [0.2, 0.25) is 0 Å². The summed E-state index contributed by atoms with van der Waals surface area (Å²) in [4.78, 5) is 0. The van der Waals surface area contributed by atoms with Gasteiger partial charge in [0.05, 0.1) is 7.11 Å². The molecule has 1 aliphatic rings. The van der Waals surface area contributed by atoms with Crippen LogP contribution in [0, 0.1) is 5.41 Å². The topological polar surface area (TPSA) is 30.5 Å². The molecule has 1 saturated carbocycles. The van der Waals surface area contributed by atoms with Gasteiger partial charge in [-0.15, -0.1) is 0 Å². The second-order valence-corrected chi connectivity index (χ2v) is 5.94. The molecule has 0 radical (unpaired) electrons. The molecule has 118 valence electrons. The molecular weight excluding hydrogens is 262 g/mol. The van der Waals surface area contributed by atoms with Crippen molar-refractivity contribution in [3.63, 3.8) is 0 Å². The third-order valence-corrected chi connectivity index (χ3v) is 5.08. The smallest absolute Gasteiger partial charge is 0.161 e. The van der Waals surface area contributed by atoms with E-state index in [1.807, 2.05) is 24.3 Å². The van der Waals surface area contributed by atoms with Crippen LogP contribution in [-0.2, 0) is 0 Å². The van der Waals surface area contributed by atoms with Crippen molar-refractivity contribution in [1.29, 1.82) is 0 Å². The number of hydrogen-bond donors (Lipinski definition) is 1. The molecule has 3 heteroatoms. The van der Waals surface area contributed by atoms with Gasteiger partial charge in [0.1, 0.15) is 6.10 Å². The monoisotopic (exact) mass is 291 g/mol. The normalized spacial score (nSPS) is 23.4. The summed E-state index contributed by atoms with van der Waals surface area (Å²) in [6.45, 7) is 7.87. The van der Waals surface area contributed by atoms with Crippen molar-refractivity contribution in [3.8, 4) is 11.5 Å². The highest BCUT2D eigenvalue weighted by Crippen LogP contribution is 2.49. The molecule has 3 nitrogen and oxygen atoms in total. The second kappa shape index (κ2) is 7.17. The maximum absolute atomic E-state index is 6.32. The van der Waals surface area contributed by atoms with E-state index in [2.05, 4.69) is 26.1 Å². The summed E-state index contributed by atoms with van der Waals surface area (Å²) in [6, 6.07) is 8.52. The zero-order valence-electron chi connectivity index (χ0n) is 13.8. The Hall–Kier alpha value is -1.22. The number of ether oxygens (including phenoxy) is 2. The number of benzene rings is 1. The van der Waals surface area contributed by atoms with Gasteiger partial charge in [0, 0.05) is 17.9 Å². The van der Waals surface area contributed by atoms with Crippen LogP contribution < -0.4 is 14.8 Å². The Morgan fingerprint density at radius 2 is 1.81 bits per heavy atom. The lowest BCUT2D eigenvalue weighted by atomic mass is 9.58. The highest BCUT2D eigenvalue weighted by atomic mass is 16.5. The van der Waals surface area contributed by atoms with Crippen LogP contribution in [0.3, 0.4) is 0 Å². The van der Waals surface area contributed by atoms with Gasteiger partial charge in [-0.25, -0.2) is 0 Å². The summed E-state index contributed by atoms with van der Waals surface area (Å²) in [5.41, 5.74) is 0.246. The van der Waals surface area contributed by atoms with Gasteiger partial charge < -0.3 is 14.8 Å². The SMILES string of the molecule is CCCNC1CC(Oc2ccccc2OC)C1(CC)CC. The third kappa shape index (κ3) is 3.03. The molecule has 0 amide bonds. The van der Waals surface area contributed by atoms with Crippen molar-refractivity contribution in [2.24, 2.45) is 5.41 Å². The zero-order valence-corrected chi connectivity index (χ0v) is 13.8. The van der Waals surface area contributed by atoms with E-state index in [0.29, 0.717) is 6.04 Å². The van der Waals surface area contributed by atoms with E-state index in [1.165, 1.54) is 6.42 Å². The van der Waals surface area contributed by atoms with Gasteiger partial charge in [-0.1, -0.05) is 32.9 Å². The van der Waals surface area contributed by atoms with Crippen LogP contribution in [0.2, 0.25) is 0 Å². The molecule has 1 aromatic carbocycles. The molecular formula is C18H29NO2. The summed E-state index contributed by atoms with van der Waals surface area (Å²) in [5, 5.41) is 3.69. The first-order valence-corrected chi connectivity index (χ1v) is 8.24. The lowest BCUT2D eigenvalue weighted by Crippen LogP contribution is -2.64. The highest BCUT2D eigenvalue weighted by molar-refractivity contribution is 5.40. The maximum Gasteiger partial charge on any atom is 0.161 e. The summed E-state index contributed by atoms with van der Waals surface area (Å²) in [7, 11) is 1.70. The molecule has 2 rings (SSSR count). The first-order valence-electron chi connectivity index (χ1n) is 8.24. The molecule has 0 saturated heterocycles. The summed E-state index contributed by atoms with van der Waals surface area (Å²) >= 11 is 0. The van der Waals surface area contributed by atoms with E-state index >= 15 is 0 Å². The first kappa shape index (κ1) is 16.2. The average Bonchev–Trinajstić information content (AvgIpc) is 2.52. The average molecular weight is 291 g/mol. The Morgan fingerprint density at radius 1 is 1.14 bits per heavy atom. The second-order valence-electron chi connectivity index (χ2n) is 5.94. The highest BCUT2D eigenvalue weighted by Gasteiger charge is 2.54. The van der Waals surface area contributed by atoms with Crippen molar-refractivity contribution in [3.05, 3.63) is 24.3 Å². The molecule has 0 bridgehead atoms. The minimum atomic E-state index is 0.246. The number of hydrogen-bond acceptors (Lipinski definition) is 3. The Morgan fingerprint density at radius 3 is 2.38 bits per heavy atom. The number of methoxy groups -OCH3 is 1. The quantitative estimate of drug-likeness (QED) is 0.784. The maximum atomic E-state index is 6.32. The Kier molecular flexibility index (Phi) is 5.51. The molecule has 1 aliphatic carbocycles. The van der Waals surface area contributed by atoms with E-state index in [1.54, 1.807) is 7.11 Å².